The maximum Gasteiger partial charge on any atom is 0.376 e. The predicted molar refractivity (Wildman–Crippen MR) is 37.9 cm³/mol. The van der Waals surface area contributed by atoms with Crippen molar-refractivity contribution in [2.75, 3.05) is 6.67 Å². The van der Waals surface area contributed by atoms with Crippen LogP contribution in [0, 0.1) is 0 Å². The van der Waals surface area contributed by atoms with E-state index in [2.05, 4.69) is 15.1 Å². The van der Waals surface area contributed by atoms with E-state index in [4.69, 9.17) is 11.3 Å². The largest absolute Gasteiger partial charge is 0.497 e. The Morgan fingerprint density at radius 3 is 3.18 bits per heavy atom. The Morgan fingerprint density at radius 2 is 2.64 bits per heavy atom. The van der Waals surface area contributed by atoms with Crippen molar-refractivity contribution in [2.24, 2.45) is 10.7 Å². The Kier molecular flexibility index (Phi) is 1.98. The van der Waals surface area contributed by atoms with E-state index in [1.807, 2.05) is 0 Å². The van der Waals surface area contributed by atoms with Crippen molar-refractivity contribution in [3.63, 3.8) is 0 Å². The number of primary amides is 1. The molecule has 0 fully saturated rings. The first-order valence-corrected chi connectivity index (χ1v) is 3.02. The van der Waals surface area contributed by atoms with Crippen LogP contribution in [0.5, 0.6) is 0 Å². The van der Waals surface area contributed by atoms with Gasteiger partial charge in [-0.25, -0.2) is 10.3 Å². The van der Waals surface area contributed by atoms with Crippen molar-refractivity contribution in [3.8, 4) is 0 Å². The highest BCUT2D eigenvalue weighted by molar-refractivity contribution is 6.43. The van der Waals surface area contributed by atoms with Crippen LogP contribution in [0.4, 0.5) is 0 Å². The highest BCUT2D eigenvalue weighted by atomic mass is 16.1. The second-order valence-electron chi connectivity index (χ2n) is 2.03. The number of amides is 1. The van der Waals surface area contributed by atoms with E-state index in [0.717, 1.165) is 0 Å². The molecule has 0 saturated heterocycles. The summed E-state index contributed by atoms with van der Waals surface area (Å²) in [7, 11) is 0. The van der Waals surface area contributed by atoms with Crippen LogP contribution in [-0.2, 0) is 4.79 Å². The molecular weight excluding hydrogens is 146 g/mol. The van der Waals surface area contributed by atoms with Crippen LogP contribution in [0.3, 0.4) is 0 Å². The van der Waals surface area contributed by atoms with Gasteiger partial charge in [0.2, 0.25) is 5.91 Å². The Morgan fingerprint density at radius 1 is 1.91 bits per heavy atom. The number of carbonyl (C=O) groups excluding carboxylic acids is 1. The number of carbonyl (C=O) groups is 1. The van der Waals surface area contributed by atoms with Crippen LogP contribution in [0.25, 0.3) is 5.53 Å². The molecule has 1 aliphatic heterocycles. The van der Waals surface area contributed by atoms with Crippen molar-refractivity contribution in [2.45, 2.75) is 6.42 Å². The molecule has 0 bridgehead atoms. The number of aliphatic imine (C=N–C) groups is 1. The summed E-state index contributed by atoms with van der Waals surface area (Å²) >= 11 is 0. The van der Waals surface area contributed by atoms with Crippen molar-refractivity contribution in [1.29, 1.82) is 0 Å². The first kappa shape index (κ1) is 7.43. The third-order valence-electron chi connectivity index (χ3n) is 1.23. The number of nitrogens with two attached hydrogens (primary N) is 1. The molecule has 1 heterocycles. The maximum absolute atomic E-state index is 10.4. The molecule has 1 aliphatic rings. The average Bonchev–Trinajstić information content (AvgIpc) is 2.34. The van der Waals surface area contributed by atoms with Crippen molar-refractivity contribution in [1.82, 2.24) is 5.32 Å². The van der Waals surface area contributed by atoms with Gasteiger partial charge in [-0.1, -0.05) is 0 Å². The normalized spacial score (nSPS) is 15.3. The molecule has 58 valence electrons. The molecular formula is C5H7N5O. The highest BCUT2D eigenvalue weighted by Crippen LogP contribution is 1.92. The van der Waals surface area contributed by atoms with E-state index >= 15 is 0 Å². The number of hydrogen-bond acceptors (Lipinski definition) is 2. The van der Waals surface area contributed by atoms with Gasteiger partial charge in [0.05, 0.1) is 6.42 Å². The third kappa shape index (κ3) is 1.62. The fourth-order valence-corrected chi connectivity index (χ4v) is 0.784. The minimum Gasteiger partial charge on any atom is -0.497 e. The lowest BCUT2D eigenvalue weighted by Gasteiger charge is -1.88. The third-order valence-corrected chi connectivity index (χ3v) is 1.23. The van der Waals surface area contributed by atoms with E-state index in [0.29, 0.717) is 12.4 Å². The van der Waals surface area contributed by atoms with E-state index in [-0.39, 0.29) is 12.3 Å². The summed E-state index contributed by atoms with van der Waals surface area (Å²) in [5, 5.41) is 2.65. The van der Waals surface area contributed by atoms with Crippen LogP contribution in [0.1, 0.15) is 6.42 Å². The Labute approximate surface area is 62.7 Å². The Hall–Kier alpha value is -1.68. The summed E-state index contributed by atoms with van der Waals surface area (Å²) in [4.78, 5) is 17.1. The van der Waals surface area contributed by atoms with Crippen LogP contribution in [0.2, 0.25) is 0 Å². The topological polar surface area (TPSA) is 104 Å². The monoisotopic (exact) mass is 153 g/mol. The molecule has 3 N–H and O–H groups in total. The quantitative estimate of drug-likeness (QED) is 0.372. The standard InChI is InChI=1S/C5H7N5O/c6-4(11)1-3-5(10-7)9-2-8-3/h9H,1-2H2,(H2,6,11). The molecule has 0 atom stereocenters. The van der Waals surface area contributed by atoms with Gasteiger partial charge in [0.1, 0.15) is 0 Å². The number of hydrogen-bond donors (Lipinski definition) is 2. The van der Waals surface area contributed by atoms with Gasteiger partial charge in [-0.15, -0.1) is 0 Å². The van der Waals surface area contributed by atoms with Gasteiger partial charge < -0.3 is 16.1 Å². The summed E-state index contributed by atoms with van der Waals surface area (Å²) in [5.41, 5.74) is 13.6. The van der Waals surface area contributed by atoms with Crippen molar-refractivity contribution in [3.05, 3.63) is 5.53 Å². The zero-order chi connectivity index (χ0) is 8.27. The highest BCUT2D eigenvalue weighted by Gasteiger charge is 2.23. The van der Waals surface area contributed by atoms with Gasteiger partial charge >= 0.3 is 5.84 Å². The number of nitrogens with zero attached hydrogens (tertiary/aromatic N) is 3. The molecule has 0 saturated carbocycles. The van der Waals surface area contributed by atoms with Gasteiger partial charge in [0.25, 0.3) is 0 Å². The molecule has 0 aromatic rings. The second kappa shape index (κ2) is 2.94. The van der Waals surface area contributed by atoms with Crippen LogP contribution >= 0.6 is 0 Å². The molecule has 6 heteroatoms. The second-order valence-corrected chi connectivity index (χ2v) is 2.03. The lowest BCUT2D eigenvalue weighted by molar-refractivity contribution is -0.116. The zero-order valence-corrected chi connectivity index (χ0v) is 5.74. The van der Waals surface area contributed by atoms with E-state index in [1.165, 1.54) is 0 Å². The predicted octanol–water partition coefficient (Wildman–Crippen LogP) is -1.51. The number of nitrogens with one attached hydrogen (secondary N) is 1. The number of rotatable bonds is 2. The maximum atomic E-state index is 10.4. The zero-order valence-electron chi connectivity index (χ0n) is 5.74. The number of amidine groups is 1. The average molecular weight is 153 g/mol. The van der Waals surface area contributed by atoms with Gasteiger partial charge in [0.15, 0.2) is 12.4 Å². The lowest BCUT2D eigenvalue weighted by Crippen LogP contribution is -2.28. The summed E-state index contributed by atoms with van der Waals surface area (Å²) in [6, 6.07) is 0. The van der Waals surface area contributed by atoms with Crippen LogP contribution in [0.15, 0.2) is 4.99 Å². The molecule has 0 aliphatic carbocycles. The van der Waals surface area contributed by atoms with Crippen molar-refractivity contribution < 1.29 is 9.58 Å². The summed E-state index contributed by atoms with van der Waals surface area (Å²) in [5.74, 6) is -0.266. The summed E-state index contributed by atoms with van der Waals surface area (Å²) < 4.78 is 0. The molecule has 0 radical (unpaired) electrons. The van der Waals surface area contributed by atoms with Crippen LogP contribution < -0.4 is 11.1 Å². The fourth-order valence-electron chi connectivity index (χ4n) is 0.784. The molecule has 11 heavy (non-hydrogen) atoms. The molecule has 1 amide bonds. The molecule has 0 aromatic heterocycles. The minimum atomic E-state index is -0.492. The first-order chi connectivity index (χ1) is 5.24. The minimum absolute atomic E-state index is 0.00634. The van der Waals surface area contributed by atoms with Gasteiger partial charge in [-0.2, -0.15) is 0 Å². The van der Waals surface area contributed by atoms with E-state index in [9.17, 15) is 4.79 Å². The fraction of sp³-hybridized carbons (Fsp3) is 0.400. The Bertz CT molecular complexity index is 262. The molecule has 1 rings (SSSR count). The van der Waals surface area contributed by atoms with E-state index < -0.39 is 5.91 Å². The lowest BCUT2D eigenvalue weighted by atomic mass is 10.2. The van der Waals surface area contributed by atoms with Gasteiger partial charge in [-0.3, -0.25) is 4.79 Å². The molecule has 6 nitrogen and oxygen atoms in total. The molecule has 0 spiro atoms. The summed E-state index contributed by atoms with van der Waals surface area (Å²) in [6.07, 6.45) is 0.00634. The van der Waals surface area contributed by atoms with Crippen molar-refractivity contribution >= 4 is 17.5 Å². The smallest absolute Gasteiger partial charge is 0.376 e. The van der Waals surface area contributed by atoms with E-state index in [1.54, 1.807) is 0 Å². The van der Waals surface area contributed by atoms with Gasteiger partial charge in [0, 0.05) is 0 Å². The molecule has 0 aromatic carbocycles. The first-order valence-electron chi connectivity index (χ1n) is 3.02. The molecule has 0 unspecified atom stereocenters. The summed E-state index contributed by atoms with van der Waals surface area (Å²) in [6.45, 7) is 0.335. The van der Waals surface area contributed by atoms with Gasteiger partial charge in [-0.05, 0) is 0 Å². The van der Waals surface area contributed by atoms with Crippen LogP contribution in [-0.4, -0.2) is 28.9 Å². The Balaban J connectivity index is 2.72. The SMILES string of the molecule is [N-]=[N+]=C1NCN=C1CC(N)=O.